The van der Waals surface area contributed by atoms with Crippen LogP contribution in [0.3, 0.4) is 0 Å². The molecule has 2 heteroatoms. The molecule has 0 aliphatic heterocycles. The van der Waals surface area contributed by atoms with Crippen LogP contribution in [0.15, 0.2) is 45.8 Å². The van der Waals surface area contributed by atoms with Gasteiger partial charge in [0, 0.05) is 0 Å². The third-order valence-electron chi connectivity index (χ3n) is 3.26. The molecule has 0 amide bonds. The summed E-state index contributed by atoms with van der Waals surface area (Å²) in [6, 6.07) is 8.07. The van der Waals surface area contributed by atoms with Crippen LogP contribution < -0.4 is 0 Å². The number of rotatable bonds is 8. The van der Waals surface area contributed by atoms with Gasteiger partial charge in [-0.3, -0.25) is 0 Å². The van der Waals surface area contributed by atoms with Crippen LogP contribution in [0.5, 0.6) is 0 Å². The predicted molar refractivity (Wildman–Crippen MR) is 118 cm³/mol. The second-order valence-electron chi connectivity index (χ2n) is 5.71. The van der Waals surface area contributed by atoms with E-state index in [1.54, 1.807) is 22.7 Å². The summed E-state index contributed by atoms with van der Waals surface area (Å²) in [7, 11) is 0. The van der Waals surface area contributed by atoms with Gasteiger partial charge in [0.1, 0.15) is 0 Å². The van der Waals surface area contributed by atoms with Gasteiger partial charge < -0.3 is 0 Å². The summed E-state index contributed by atoms with van der Waals surface area (Å²) in [6.45, 7) is 8.98. The molecule has 0 nitrogen and oxygen atoms in total. The fourth-order valence-corrected chi connectivity index (χ4v) is 2.71. The summed E-state index contributed by atoms with van der Waals surface area (Å²) in [5, 5.41) is 8.17. The number of hydrogen-bond acceptors (Lipinski definition) is 2. The highest BCUT2D eigenvalue weighted by molar-refractivity contribution is 7.08. The molecule has 0 aliphatic carbocycles. The lowest BCUT2D eigenvalue weighted by molar-refractivity contribution is 0.656. The fourth-order valence-electron chi connectivity index (χ4n) is 1.81. The molecule has 0 spiro atoms. The Balaban J connectivity index is 0. The lowest BCUT2D eigenvalue weighted by Crippen LogP contribution is -1.70. The first-order valence-corrected chi connectivity index (χ1v) is 11.7. The Kier molecular flexibility index (Phi) is 29.1. The van der Waals surface area contributed by atoms with Crippen LogP contribution in [0.4, 0.5) is 0 Å². The van der Waals surface area contributed by atoms with Crippen molar-refractivity contribution in [3.05, 3.63) is 45.8 Å². The van der Waals surface area contributed by atoms with Gasteiger partial charge in [-0.2, -0.15) is 22.7 Å². The van der Waals surface area contributed by atoms with E-state index in [1.165, 1.54) is 64.2 Å². The number of unbranched alkanes of at least 4 members (excludes halogenated alkanes) is 8. The Bertz CT molecular complexity index is 259. The van der Waals surface area contributed by atoms with Gasteiger partial charge in [-0.25, -0.2) is 0 Å². The SMILES string of the molecule is CCCCCCC.CCCCCCC.c1ccsc1.c1ccsc1. The topological polar surface area (TPSA) is 0 Å². The van der Waals surface area contributed by atoms with Gasteiger partial charge in [0.15, 0.2) is 0 Å². The lowest BCUT2D eigenvalue weighted by Gasteiger charge is -1.90. The van der Waals surface area contributed by atoms with E-state index in [9.17, 15) is 0 Å². The Labute approximate surface area is 160 Å². The molecule has 0 aliphatic rings. The van der Waals surface area contributed by atoms with Crippen LogP contribution in [0, 0.1) is 0 Å². The molecule has 2 heterocycles. The Hall–Kier alpha value is -0.600. The van der Waals surface area contributed by atoms with E-state index < -0.39 is 0 Å². The zero-order valence-corrected chi connectivity index (χ0v) is 18.1. The molecule has 2 aromatic heterocycles. The highest BCUT2D eigenvalue weighted by Gasteiger charge is 1.80. The van der Waals surface area contributed by atoms with E-state index in [2.05, 4.69) is 27.7 Å². The fraction of sp³-hybridized carbons (Fsp3) is 0.636. The van der Waals surface area contributed by atoms with Crippen molar-refractivity contribution in [2.45, 2.75) is 91.9 Å². The summed E-state index contributed by atoms with van der Waals surface area (Å²) in [5.74, 6) is 0. The normalized spacial score (nSPS) is 8.83. The third kappa shape index (κ3) is 29.4. The van der Waals surface area contributed by atoms with Crippen molar-refractivity contribution in [1.82, 2.24) is 0 Å². The second kappa shape index (κ2) is 27.3. The molecule has 0 saturated heterocycles. The quantitative estimate of drug-likeness (QED) is 0.407. The molecular formula is C22H40S2. The molecule has 0 fully saturated rings. The third-order valence-corrected chi connectivity index (χ3v) is 4.52. The lowest BCUT2D eigenvalue weighted by atomic mass is 10.2. The van der Waals surface area contributed by atoms with E-state index in [1.807, 2.05) is 45.8 Å². The van der Waals surface area contributed by atoms with Crippen LogP contribution in [0.2, 0.25) is 0 Å². The zero-order valence-electron chi connectivity index (χ0n) is 16.5. The Morgan fingerprint density at radius 1 is 0.417 bits per heavy atom. The molecule has 24 heavy (non-hydrogen) atoms. The molecule has 0 aromatic carbocycles. The number of hydrogen-bond donors (Lipinski definition) is 0. The van der Waals surface area contributed by atoms with E-state index in [0.717, 1.165) is 0 Å². The van der Waals surface area contributed by atoms with Gasteiger partial charge in [-0.1, -0.05) is 116 Å². The summed E-state index contributed by atoms with van der Waals surface area (Å²) in [5.41, 5.74) is 0. The Morgan fingerprint density at radius 3 is 0.792 bits per heavy atom. The van der Waals surface area contributed by atoms with Gasteiger partial charge in [0.05, 0.1) is 0 Å². The van der Waals surface area contributed by atoms with Crippen molar-refractivity contribution in [3.8, 4) is 0 Å². The predicted octanol–water partition coefficient (Wildman–Crippen LogP) is 9.45. The largest absolute Gasteiger partial charge is 0.152 e. The van der Waals surface area contributed by atoms with E-state index in [-0.39, 0.29) is 0 Å². The molecule has 140 valence electrons. The maximum absolute atomic E-state index is 2.25. The van der Waals surface area contributed by atoms with Crippen LogP contribution in [0.1, 0.15) is 91.9 Å². The van der Waals surface area contributed by atoms with Gasteiger partial charge in [-0.05, 0) is 21.5 Å². The highest BCUT2D eigenvalue weighted by atomic mass is 32.1. The Morgan fingerprint density at radius 2 is 0.667 bits per heavy atom. The first kappa shape index (κ1) is 25.6. The minimum absolute atomic E-state index is 1.36. The van der Waals surface area contributed by atoms with Crippen molar-refractivity contribution in [2.24, 2.45) is 0 Å². The van der Waals surface area contributed by atoms with Gasteiger partial charge in [0.2, 0.25) is 0 Å². The summed E-state index contributed by atoms with van der Waals surface area (Å²) < 4.78 is 0. The van der Waals surface area contributed by atoms with Crippen molar-refractivity contribution in [1.29, 1.82) is 0 Å². The average Bonchev–Trinajstić information content (AvgIpc) is 3.34. The average molecular weight is 369 g/mol. The van der Waals surface area contributed by atoms with Crippen molar-refractivity contribution in [3.63, 3.8) is 0 Å². The smallest absolute Gasteiger partial charge is 0.00934 e. The first-order valence-electron chi connectivity index (χ1n) is 9.77. The maximum atomic E-state index is 2.25. The molecule has 2 rings (SSSR count). The van der Waals surface area contributed by atoms with Gasteiger partial charge in [-0.15, -0.1) is 0 Å². The van der Waals surface area contributed by atoms with Gasteiger partial charge in [0.25, 0.3) is 0 Å². The summed E-state index contributed by atoms with van der Waals surface area (Å²) in [4.78, 5) is 0. The minimum atomic E-state index is 1.36. The molecule has 0 saturated carbocycles. The van der Waals surface area contributed by atoms with Crippen LogP contribution >= 0.6 is 22.7 Å². The summed E-state index contributed by atoms with van der Waals surface area (Å²) in [6.07, 6.45) is 14.0. The van der Waals surface area contributed by atoms with Crippen LogP contribution in [0.25, 0.3) is 0 Å². The molecule has 0 N–H and O–H groups in total. The van der Waals surface area contributed by atoms with Gasteiger partial charge >= 0.3 is 0 Å². The minimum Gasteiger partial charge on any atom is -0.152 e. The molecule has 0 radical (unpaired) electrons. The second-order valence-corrected chi connectivity index (χ2v) is 7.34. The van der Waals surface area contributed by atoms with Crippen molar-refractivity contribution >= 4 is 22.7 Å². The van der Waals surface area contributed by atoms with Crippen molar-refractivity contribution < 1.29 is 0 Å². The van der Waals surface area contributed by atoms with Crippen LogP contribution in [-0.4, -0.2) is 0 Å². The number of thiophene rings is 2. The highest BCUT2D eigenvalue weighted by Crippen LogP contribution is 2.00. The van der Waals surface area contributed by atoms with Crippen LogP contribution in [-0.2, 0) is 0 Å². The molecule has 2 aromatic rings. The summed E-state index contributed by atoms with van der Waals surface area (Å²) >= 11 is 3.43. The zero-order chi connectivity index (χ0) is 18.1. The van der Waals surface area contributed by atoms with E-state index >= 15 is 0 Å². The molecule has 0 unspecified atom stereocenters. The standard InChI is InChI=1S/2C7H16.2C4H4S/c2*1-3-5-7-6-4-2;2*1-2-4-5-3-1/h2*3-7H2,1-2H3;2*1-4H. The van der Waals surface area contributed by atoms with E-state index in [4.69, 9.17) is 0 Å². The first-order chi connectivity index (χ1) is 11.8. The maximum Gasteiger partial charge on any atom is -0.00934 e. The van der Waals surface area contributed by atoms with E-state index in [0.29, 0.717) is 0 Å². The molecule has 0 atom stereocenters. The molecule has 0 bridgehead atoms. The molecular weight excluding hydrogens is 328 g/mol. The van der Waals surface area contributed by atoms with Crippen molar-refractivity contribution in [2.75, 3.05) is 0 Å². The monoisotopic (exact) mass is 368 g/mol.